The molecular weight excluding hydrogens is 260 g/mol. The molecule has 1 aliphatic heterocycles. The van der Waals surface area contributed by atoms with Gasteiger partial charge < -0.3 is 10.6 Å². The van der Waals surface area contributed by atoms with Crippen molar-refractivity contribution in [2.24, 2.45) is 17.6 Å². The van der Waals surface area contributed by atoms with E-state index in [0.717, 1.165) is 38.3 Å². The standard InChI is InChI=1S/C18H28N2O/c1-2-6-15-9-11-20(12-10-15)18(21)17(14-19)13-16-7-4-3-5-8-16/h3-5,7-8,15,17H,2,6,9-14,19H2,1H3. The Bertz CT molecular complexity index is 424. The molecule has 1 atom stereocenters. The summed E-state index contributed by atoms with van der Waals surface area (Å²) in [7, 11) is 0. The molecule has 1 aliphatic rings. The molecule has 0 radical (unpaired) electrons. The Labute approximate surface area is 128 Å². The average molecular weight is 288 g/mol. The van der Waals surface area contributed by atoms with E-state index in [-0.39, 0.29) is 11.8 Å². The van der Waals surface area contributed by atoms with Crippen molar-refractivity contribution in [1.82, 2.24) is 4.90 Å². The summed E-state index contributed by atoms with van der Waals surface area (Å²) in [4.78, 5) is 14.7. The molecule has 3 heteroatoms. The molecule has 2 rings (SSSR count). The molecule has 1 heterocycles. The quantitative estimate of drug-likeness (QED) is 0.875. The fourth-order valence-electron chi connectivity index (χ4n) is 3.28. The van der Waals surface area contributed by atoms with E-state index in [0.29, 0.717) is 6.54 Å². The Morgan fingerprint density at radius 3 is 2.52 bits per heavy atom. The molecule has 0 bridgehead atoms. The van der Waals surface area contributed by atoms with Gasteiger partial charge in [-0.2, -0.15) is 0 Å². The SMILES string of the molecule is CCCC1CCN(C(=O)C(CN)Cc2ccccc2)CC1. The number of likely N-dealkylation sites (tertiary alicyclic amines) is 1. The zero-order valence-electron chi connectivity index (χ0n) is 13.1. The minimum absolute atomic E-state index is 0.0740. The second-order valence-electron chi connectivity index (χ2n) is 6.18. The highest BCUT2D eigenvalue weighted by Crippen LogP contribution is 2.23. The minimum atomic E-state index is -0.0740. The first kappa shape index (κ1) is 16.0. The fourth-order valence-corrected chi connectivity index (χ4v) is 3.28. The summed E-state index contributed by atoms with van der Waals surface area (Å²) >= 11 is 0. The van der Waals surface area contributed by atoms with Crippen molar-refractivity contribution in [3.63, 3.8) is 0 Å². The van der Waals surface area contributed by atoms with Crippen LogP contribution in [-0.2, 0) is 11.2 Å². The van der Waals surface area contributed by atoms with Crippen molar-refractivity contribution in [3.8, 4) is 0 Å². The van der Waals surface area contributed by atoms with Crippen molar-refractivity contribution in [3.05, 3.63) is 35.9 Å². The van der Waals surface area contributed by atoms with E-state index in [1.165, 1.54) is 18.4 Å². The van der Waals surface area contributed by atoms with E-state index in [4.69, 9.17) is 5.73 Å². The lowest BCUT2D eigenvalue weighted by Gasteiger charge is -2.34. The van der Waals surface area contributed by atoms with Crippen LogP contribution in [0.1, 0.15) is 38.2 Å². The molecule has 3 nitrogen and oxygen atoms in total. The number of benzene rings is 1. The summed E-state index contributed by atoms with van der Waals surface area (Å²) in [6.45, 7) is 4.49. The van der Waals surface area contributed by atoms with Crippen molar-refractivity contribution in [1.29, 1.82) is 0 Å². The van der Waals surface area contributed by atoms with Crippen LogP contribution < -0.4 is 5.73 Å². The molecule has 1 amide bonds. The smallest absolute Gasteiger partial charge is 0.227 e. The van der Waals surface area contributed by atoms with Gasteiger partial charge in [0, 0.05) is 19.6 Å². The lowest BCUT2D eigenvalue weighted by molar-refractivity contribution is -0.136. The van der Waals surface area contributed by atoms with Gasteiger partial charge in [0.1, 0.15) is 0 Å². The molecule has 1 saturated heterocycles. The molecule has 0 aliphatic carbocycles. The van der Waals surface area contributed by atoms with Gasteiger partial charge in [0.25, 0.3) is 0 Å². The fraction of sp³-hybridized carbons (Fsp3) is 0.611. The van der Waals surface area contributed by atoms with Gasteiger partial charge in [-0.3, -0.25) is 4.79 Å². The Hall–Kier alpha value is -1.35. The number of nitrogens with two attached hydrogens (primary N) is 1. The summed E-state index contributed by atoms with van der Waals surface area (Å²) in [5.74, 6) is 0.982. The second-order valence-corrected chi connectivity index (χ2v) is 6.18. The Morgan fingerprint density at radius 1 is 1.29 bits per heavy atom. The Morgan fingerprint density at radius 2 is 1.95 bits per heavy atom. The van der Waals surface area contributed by atoms with Crippen LogP contribution in [0.5, 0.6) is 0 Å². The maximum absolute atomic E-state index is 12.6. The number of rotatable bonds is 6. The number of amides is 1. The highest BCUT2D eigenvalue weighted by atomic mass is 16.2. The zero-order valence-corrected chi connectivity index (χ0v) is 13.1. The molecular formula is C18H28N2O. The van der Waals surface area contributed by atoms with Gasteiger partial charge in [0.2, 0.25) is 5.91 Å². The predicted molar refractivity (Wildman–Crippen MR) is 86.9 cm³/mol. The first-order valence-electron chi connectivity index (χ1n) is 8.27. The van der Waals surface area contributed by atoms with Crippen molar-refractivity contribution in [2.75, 3.05) is 19.6 Å². The van der Waals surface area contributed by atoms with Crippen molar-refractivity contribution < 1.29 is 4.79 Å². The molecule has 2 N–H and O–H groups in total. The lowest BCUT2D eigenvalue weighted by Crippen LogP contribution is -2.44. The zero-order chi connectivity index (χ0) is 15.1. The molecule has 1 aromatic rings. The normalized spacial score (nSPS) is 17.7. The number of piperidine rings is 1. The first-order valence-corrected chi connectivity index (χ1v) is 8.27. The molecule has 116 valence electrons. The predicted octanol–water partition coefficient (Wildman–Crippen LogP) is 2.84. The molecule has 0 saturated carbocycles. The highest BCUT2D eigenvalue weighted by Gasteiger charge is 2.27. The van der Waals surface area contributed by atoms with E-state index >= 15 is 0 Å². The van der Waals surface area contributed by atoms with Gasteiger partial charge in [-0.05, 0) is 30.7 Å². The maximum atomic E-state index is 12.6. The van der Waals surface area contributed by atoms with Gasteiger partial charge in [-0.1, -0.05) is 50.1 Å². The molecule has 1 aromatic carbocycles. The van der Waals surface area contributed by atoms with Gasteiger partial charge in [0.05, 0.1) is 5.92 Å². The summed E-state index contributed by atoms with van der Waals surface area (Å²) < 4.78 is 0. The van der Waals surface area contributed by atoms with Crippen LogP contribution in [0.2, 0.25) is 0 Å². The van der Waals surface area contributed by atoms with Crippen molar-refractivity contribution >= 4 is 5.91 Å². The van der Waals surface area contributed by atoms with E-state index in [2.05, 4.69) is 19.1 Å². The third kappa shape index (κ3) is 4.57. The van der Waals surface area contributed by atoms with Gasteiger partial charge in [0.15, 0.2) is 0 Å². The molecule has 0 spiro atoms. The number of nitrogens with zero attached hydrogens (tertiary/aromatic N) is 1. The van der Waals surface area contributed by atoms with Crippen LogP contribution >= 0.6 is 0 Å². The summed E-state index contributed by atoms with van der Waals surface area (Å²) in [6, 6.07) is 10.2. The van der Waals surface area contributed by atoms with Crippen LogP contribution in [-0.4, -0.2) is 30.4 Å². The van der Waals surface area contributed by atoms with E-state index < -0.39 is 0 Å². The number of carbonyl (C=O) groups is 1. The minimum Gasteiger partial charge on any atom is -0.342 e. The van der Waals surface area contributed by atoms with Crippen LogP contribution in [0, 0.1) is 11.8 Å². The lowest BCUT2D eigenvalue weighted by atomic mass is 9.91. The third-order valence-electron chi connectivity index (χ3n) is 4.58. The maximum Gasteiger partial charge on any atom is 0.227 e. The van der Waals surface area contributed by atoms with Gasteiger partial charge >= 0.3 is 0 Å². The molecule has 1 unspecified atom stereocenters. The molecule has 1 fully saturated rings. The van der Waals surface area contributed by atoms with Gasteiger partial charge in [-0.25, -0.2) is 0 Å². The van der Waals surface area contributed by atoms with Crippen LogP contribution in [0.25, 0.3) is 0 Å². The topological polar surface area (TPSA) is 46.3 Å². The van der Waals surface area contributed by atoms with Crippen LogP contribution in [0.15, 0.2) is 30.3 Å². The van der Waals surface area contributed by atoms with Gasteiger partial charge in [-0.15, -0.1) is 0 Å². The summed E-state index contributed by atoms with van der Waals surface area (Å²) in [5, 5.41) is 0. The summed E-state index contributed by atoms with van der Waals surface area (Å²) in [6.07, 6.45) is 5.61. The van der Waals surface area contributed by atoms with E-state index in [1.54, 1.807) is 0 Å². The largest absolute Gasteiger partial charge is 0.342 e. The molecule has 0 aromatic heterocycles. The highest BCUT2D eigenvalue weighted by molar-refractivity contribution is 5.79. The third-order valence-corrected chi connectivity index (χ3v) is 4.58. The Kier molecular flexibility index (Phi) is 6.24. The van der Waals surface area contributed by atoms with E-state index in [9.17, 15) is 4.79 Å². The Balaban J connectivity index is 1.89. The number of hydrogen-bond donors (Lipinski definition) is 1. The average Bonchev–Trinajstić information content (AvgIpc) is 2.54. The summed E-state index contributed by atoms with van der Waals surface area (Å²) in [5.41, 5.74) is 7.05. The molecule has 21 heavy (non-hydrogen) atoms. The first-order chi connectivity index (χ1) is 10.2. The number of carbonyl (C=O) groups excluding carboxylic acids is 1. The van der Waals surface area contributed by atoms with Crippen molar-refractivity contribution in [2.45, 2.75) is 39.0 Å². The monoisotopic (exact) mass is 288 g/mol. The number of hydrogen-bond acceptors (Lipinski definition) is 2. The van der Waals surface area contributed by atoms with Crippen LogP contribution in [0.3, 0.4) is 0 Å². The second kappa shape index (κ2) is 8.18. The van der Waals surface area contributed by atoms with Crippen LogP contribution in [0.4, 0.5) is 0 Å². The van der Waals surface area contributed by atoms with E-state index in [1.807, 2.05) is 23.1 Å².